The zero-order valence-electron chi connectivity index (χ0n) is 19.2. The first-order valence-corrected chi connectivity index (χ1v) is 13.2. The number of carbonyl (C=O) groups excluding carboxylic acids is 2. The molecule has 5 saturated carbocycles. The molecule has 0 aliphatic heterocycles. The zero-order valence-corrected chi connectivity index (χ0v) is 19.2. The van der Waals surface area contributed by atoms with E-state index in [-0.39, 0.29) is 17.5 Å². The zero-order chi connectivity index (χ0) is 21.0. The van der Waals surface area contributed by atoms with Crippen LogP contribution < -0.4 is 10.6 Å². The van der Waals surface area contributed by atoms with Crippen molar-refractivity contribution >= 4 is 11.8 Å². The molecule has 2 N–H and O–H groups in total. The number of amides is 2. The average Bonchev–Trinajstić information content (AvgIpc) is 2.69. The molecule has 0 aromatic carbocycles. The van der Waals surface area contributed by atoms with Gasteiger partial charge in [-0.15, -0.1) is 0 Å². The van der Waals surface area contributed by atoms with Crippen LogP contribution in [0.4, 0.5) is 0 Å². The van der Waals surface area contributed by atoms with Crippen molar-refractivity contribution in [3.05, 3.63) is 0 Å². The molecule has 5 rings (SSSR count). The predicted octanol–water partition coefficient (Wildman–Crippen LogP) is 5.50. The Bertz CT molecular complexity index is 555. The van der Waals surface area contributed by atoms with Crippen LogP contribution in [0.1, 0.15) is 116 Å². The maximum Gasteiger partial charge on any atom is 0.309 e. The molecule has 0 heterocycles. The largest absolute Gasteiger partial charge is 0.345 e. The standard InChI is InChI=1S/C26H44N2O2/c1-19(26-16-20-13-21(17-26)15-22(14-20)18-26)27-24(29)25(30)28-23-11-9-7-5-3-2-4-6-8-10-12-23/h19-23H,2-18H2,1H3,(H,27,29)(H,28,30). The third-order valence-corrected chi connectivity index (χ3v) is 9.00. The van der Waals surface area contributed by atoms with Gasteiger partial charge in [0.05, 0.1) is 0 Å². The van der Waals surface area contributed by atoms with Crippen LogP contribution in [-0.4, -0.2) is 23.9 Å². The number of rotatable bonds is 3. The van der Waals surface area contributed by atoms with Gasteiger partial charge in [-0.3, -0.25) is 9.59 Å². The number of hydrogen-bond acceptors (Lipinski definition) is 2. The quantitative estimate of drug-likeness (QED) is 0.597. The molecule has 0 aromatic rings. The molecule has 30 heavy (non-hydrogen) atoms. The van der Waals surface area contributed by atoms with Crippen molar-refractivity contribution in [3.8, 4) is 0 Å². The predicted molar refractivity (Wildman–Crippen MR) is 121 cm³/mol. The van der Waals surface area contributed by atoms with Gasteiger partial charge in [-0.2, -0.15) is 0 Å². The summed E-state index contributed by atoms with van der Waals surface area (Å²) in [4.78, 5) is 25.5. The number of hydrogen-bond donors (Lipinski definition) is 2. The minimum atomic E-state index is -0.399. The molecule has 1 atom stereocenters. The second-order valence-corrected chi connectivity index (χ2v) is 11.4. The van der Waals surface area contributed by atoms with E-state index in [1.165, 1.54) is 83.5 Å². The number of carbonyl (C=O) groups is 2. The van der Waals surface area contributed by atoms with E-state index >= 15 is 0 Å². The van der Waals surface area contributed by atoms with Gasteiger partial charge < -0.3 is 10.6 Å². The minimum absolute atomic E-state index is 0.112. The topological polar surface area (TPSA) is 58.2 Å². The molecule has 1 unspecified atom stereocenters. The van der Waals surface area contributed by atoms with Gasteiger partial charge in [-0.1, -0.05) is 57.8 Å². The summed E-state index contributed by atoms with van der Waals surface area (Å²) in [5.41, 5.74) is 0.248. The fraction of sp³-hybridized carbons (Fsp3) is 0.923. The third kappa shape index (κ3) is 5.40. The average molecular weight is 417 g/mol. The maximum absolute atomic E-state index is 12.8. The summed E-state index contributed by atoms with van der Waals surface area (Å²) in [6.07, 6.45) is 21.5. The van der Waals surface area contributed by atoms with Crippen LogP contribution in [0.25, 0.3) is 0 Å². The third-order valence-electron chi connectivity index (χ3n) is 9.00. The Kier molecular flexibility index (Phi) is 7.41. The molecule has 5 aliphatic rings. The Hall–Kier alpha value is -1.06. The van der Waals surface area contributed by atoms with Crippen LogP contribution in [0.3, 0.4) is 0 Å². The van der Waals surface area contributed by atoms with Crippen LogP contribution in [-0.2, 0) is 9.59 Å². The van der Waals surface area contributed by atoms with E-state index in [2.05, 4.69) is 17.6 Å². The lowest BCUT2D eigenvalue weighted by Crippen LogP contribution is -2.57. The van der Waals surface area contributed by atoms with Crippen LogP contribution >= 0.6 is 0 Å². The summed E-state index contributed by atoms with van der Waals surface area (Å²) < 4.78 is 0. The Morgan fingerprint density at radius 1 is 0.700 bits per heavy atom. The van der Waals surface area contributed by atoms with Crippen LogP contribution in [0.2, 0.25) is 0 Å². The summed E-state index contributed by atoms with van der Waals surface area (Å²) in [6, 6.07) is 0.276. The second kappa shape index (κ2) is 10.0. The highest BCUT2D eigenvalue weighted by Gasteiger charge is 2.53. The normalized spacial score (nSPS) is 36.4. The Morgan fingerprint density at radius 2 is 1.13 bits per heavy atom. The molecule has 5 aliphatic carbocycles. The van der Waals surface area contributed by atoms with Crippen molar-refractivity contribution in [2.45, 2.75) is 128 Å². The van der Waals surface area contributed by atoms with E-state index in [4.69, 9.17) is 0 Å². The summed E-state index contributed by atoms with van der Waals surface area (Å²) in [7, 11) is 0. The lowest BCUT2D eigenvalue weighted by molar-refractivity contribution is -0.142. The molecule has 0 radical (unpaired) electrons. The highest BCUT2D eigenvalue weighted by atomic mass is 16.2. The van der Waals surface area contributed by atoms with E-state index in [9.17, 15) is 9.59 Å². The van der Waals surface area contributed by atoms with Gasteiger partial charge >= 0.3 is 11.8 Å². The summed E-state index contributed by atoms with van der Waals surface area (Å²) in [5, 5.41) is 6.24. The van der Waals surface area contributed by atoms with Gasteiger partial charge in [-0.05, 0) is 81.5 Å². The maximum atomic E-state index is 12.8. The highest BCUT2D eigenvalue weighted by Crippen LogP contribution is 2.61. The van der Waals surface area contributed by atoms with Crippen molar-refractivity contribution in [1.82, 2.24) is 10.6 Å². The van der Waals surface area contributed by atoms with Crippen LogP contribution in [0, 0.1) is 23.2 Å². The summed E-state index contributed by atoms with van der Waals surface area (Å²) >= 11 is 0. The van der Waals surface area contributed by atoms with Gasteiger partial charge in [0.1, 0.15) is 0 Å². The van der Waals surface area contributed by atoms with E-state index in [1.54, 1.807) is 0 Å². The SMILES string of the molecule is CC(NC(=O)C(=O)NC1CCCCCCCCCCC1)C12CC3CC(CC(C3)C1)C2. The minimum Gasteiger partial charge on any atom is -0.345 e. The van der Waals surface area contributed by atoms with Gasteiger partial charge in [-0.25, -0.2) is 0 Å². The molecule has 0 saturated heterocycles. The van der Waals surface area contributed by atoms with Crippen LogP contribution in [0.5, 0.6) is 0 Å². The van der Waals surface area contributed by atoms with Crippen molar-refractivity contribution in [1.29, 1.82) is 0 Å². The fourth-order valence-corrected chi connectivity index (χ4v) is 7.68. The van der Waals surface area contributed by atoms with E-state index in [1.807, 2.05) is 0 Å². The molecule has 0 spiro atoms. The lowest BCUT2D eigenvalue weighted by atomic mass is 9.48. The molecule has 5 fully saturated rings. The molecule has 4 bridgehead atoms. The van der Waals surface area contributed by atoms with Gasteiger partial charge in [0.15, 0.2) is 0 Å². The summed E-state index contributed by atoms with van der Waals surface area (Å²) in [5.74, 6) is 1.79. The summed E-state index contributed by atoms with van der Waals surface area (Å²) in [6.45, 7) is 2.16. The lowest BCUT2D eigenvalue weighted by Gasteiger charge is -2.59. The van der Waals surface area contributed by atoms with E-state index < -0.39 is 11.8 Å². The molecular formula is C26H44N2O2. The van der Waals surface area contributed by atoms with Crippen molar-refractivity contribution < 1.29 is 9.59 Å². The second-order valence-electron chi connectivity index (χ2n) is 11.4. The molecule has 0 aromatic heterocycles. The van der Waals surface area contributed by atoms with E-state index in [0.29, 0.717) is 0 Å². The Morgan fingerprint density at radius 3 is 1.60 bits per heavy atom. The van der Waals surface area contributed by atoms with Gasteiger partial charge in [0.25, 0.3) is 0 Å². The first kappa shape index (κ1) is 22.1. The van der Waals surface area contributed by atoms with E-state index in [0.717, 1.165) is 43.4 Å². The highest BCUT2D eigenvalue weighted by molar-refractivity contribution is 6.35. The first-order chi connectivity index (χ1) is 14.5. The van der Waals surface area contributed by atoms with Gasteiger partial charge in [0, 0.05) is 12.1 Å². The molecule has 2 amide bonds. The molecule has 4 heteroatoms. The molecule has 4 nitrogen and oxygen atoms in total. The van der Waals surface area contributed by atoms with Crippen molar-refractivity contribution in [2.75, 3.05) is 0 Å². The molecule has 170 valence electrons. The smallest absolute Gasteiger partial charge is 0.309 e. The molecular weight excluding hydrogens is 372 g/mol. The van der Waals surface area contributed by atoms with Crippen molar-refractivity contribution in [3.63, 3.8) is 0 Å². The van der Waals surface area contributed by atoms with Crippen LogP contribution in [0.15, 0.2) is 0 Å². The Labute approximate surface area is 183 Å². The number of nitrogens with one attached hydrogen (secondary N) is 2. The van der Waals surface area contributed by atoms with Crippen molar-refractivity contribution in [2.24, 2.45) is 23.2 Å². The first-order valence-electron chi connectivity index (χ1n) is 13.2. The Balaban J connectivity index is 1.27. The van der Waals surface area contributed by atoms with Gasteiger partial charge in [0.2, 0.25) is 0 Å². The fourth-order valence-electron chi connectivity index (χ4n) is 7.68. The monoisotopic (exact) mass is 416 g/mol.